The van der Waals surface area contributed by atoms with E-state index in [1.165, 1.54) is 0 Å². The maximum atomic E-state index is 5.57. The fourth-order valence-corrected chi connectivity index (χ4v) is 2.19. The van der Waals surface area contributed by atoms with Crippen molar-refractivity contribution in [3.63, 3.8) is 0 Å². The molecule has 0 aliphatic heterocycles. The van der Waals surface area contributed by atoms with Crippen LogP contribution in [0.4, 0.5) is 0 Å². The van der Waals surface area contributed by atoms with Gasteiger partial charge in [0.2, 0.25) is 0 Å². The van der Waals surface area contributed by atoms with Crippen molar-refractivity contribution in [2.45, 2.75) is 13.8 Å². The number of hydrogen-bond acceptors (Lipinski definition) is 3. The van der Waals surface area contributed by atoms with Gasteiger partial charge in [0, 0.05) is 6.54 Å². The van der Waals surface area contributed by atoms with E-state index in [1.54, 1.807) is 7.11 Å². The van der Waals surface area contributed by atoms with Crippen LogP contribution < -0.4 is 14.8 Å². The Labute approximate surface area is 117 Å². The van der Waals surface area contributed by atoms with Crippen molar-refractivity contribution < 1.29 is 9.47 Å². The second-order valence-electron chi connectivity index (χ2n) is 3.68. The molecule has 18 heavy (non-hydrogen) atoms. The van der Waals surface area contributed by atoms with Gasteiger partial charge < -0.3 is 14.8 Å². The fraction of sp³-hybridized carbons (Fsp3) is 0.429. The summed E-state index contributed by atoms with van der Waals surface area (Å²) in [5.41, 5.74) is 1.09. The zero-order chi connectivity index (χ0) is 13.4. The van der Waals surface area contributed by atoms with Gasteiger partial charge in [-0.15, -0.1) is 0 Å². The van der Waals surface area contributed by atoms with Gasteiger partial charge in [-0.05, 0) is 47.1 Å². The predicted octanol–water partition coefficient (Wildman–Crippen LogP) is 3.48. The van der Waals surface area contributed by atoms with Crippen molar-refractivity contribution in [2.75, 3.05) is 26.8 Å². The molecule has 0 unspecified atom stereocenters. The smallest absolute Gasteiger partial charge is 0.174 e. The lowest BCUT2D eigenvalue weighted by molar-refractivity contribution is 0.310. The van der Waals surface area contributed by atoms with Crippen molar-refractivity contribution in [1.82, 2.24) is 5.32 Å². The van der Waals surface area contributed by atoms with Gasteiger partial charge >= 0.3 is 0 Å². The molecule has 0 spiro atoms. The van der Waals surface area contributed by atoms with Crippen LogP contribution in [0.25, 0.3) is 6.08 Å². The third-order valence-electron chi connectivity index (χ3n) is 2.36. The monoisotopic (exact) mass is 313 g/mol. The quantitative estimate of drug-likeness (QED) is 0.782. The summed E-state index contributed by atoms with van der Waals surface area (Å²) in [7, 11) is 1.64. The van der Waals surface area contributed by atoms with Crippen LogP contribution in [0, 0.1) is 0 Å². The highest BCUT2D eigenvalue weighted by Gasteiger charge is 2.09. The second kappa shape index (κ2) is 8.16. The Hall–Kier alpha value is -1.00. The van der Waals surface area contributed by atoms with Crippen molar-refractivity contribution in [1.29, 1.82) is 0 Å². The lowest BCUT2D eigenvalue weighted by Gasteiger charge is -2.12. The summed E-state index contributed by atoms with van der Waals surface area (Å²) in [6.45, 7) is 6.50. The molecule has 1 aromatic carbocycles. The Kier molecular flexibility index (Phi) is 6.83. The highest BCUT2D eigenvalue weighted by atomic mass is 79.9. The Morgan fingerprint density at radius 3 is 2.72 bits per heavy atom. The zero-order valence-corrected chi connectivity index (χ0v) is 12.7. The molecule has 4 heteroatoms. The van der Waals surface area contributed by atoms with Crippen LogP contribution in [0.5, 0.6) is 11.5 Å². The SMILES string of the molecule is CCNCC=Cc1cc(Br)c(OC)c(OCC)c1. The van der Waals surface area contributed by atoms with E-state index in [-0.39, 0.29) is 0 Å². The molecule has 3 nitrogen and oxygen atoms in total. The van der Waals surface area contributed by atoms with Crippen molar-refractivity contribution >= 4 is 22.0 Å². The Bertz CT molecular complexity index is 405. The number of nitrogens with one attached hydrogen (secondary N) is 1. The molecule has 0 aliphatic carbocycles. The summed E-state index contributed by atoms with van der Waals surface area (Å²) in [6, 6.07) is 4.00. The summed E-state index contributed by atoms with van der Waals surface area (Å²) in [5.74, 6) is 1.50. The maximum absolute atomic E-state index is 5.57. The largest absolute Gasteiger partial charge is 0.492 e. The third kappa shape index (κ3) is 4.35. The number of ether oxygens (including phenoxy) is 2. The molecular formula is C14H20BrNO2. The van der Waals surface area contributed by atoms with E-state index in [4.69, 9.17) is 9.47 Å². The summed E-state index contributed by atoms with van der Waals surface area (Å²) < 4.78 is 11.8. The Morgan fingerprint density at radius 1 is 1.33 bits per heavy atom. The van der Waals surface area contributed by atoms with Gasteiger partial charge in [0.15, 0.2) is 11.5 Å². The number of rotatable bonds is 7. The number of likely N-dealkylation sites (N-methyl/N-ethyl adjacent to an activating group) is 1. The van der Waals surface area contributed by atoms with Crippen LogP contribution in [0.1, 0.15) is 19.4 Å². The second-order valence-corrected chi connectivity index (χ2v) is 4.53. The first kappa shape index (κ1) is 15.1. The molecule has 0 saturated heterocycles. The number of halogens is 1. The lowest BCUT2D eigenvalue weighted by Crippen LogP contribution is -2.11. The molecule has 0 amide bonds. The zero-order valence-electron chi connectivity index (χ0n) is 11.1. The van der Waals surface area contributed by atoms with E-state index in [1.807, 2.05) is 19.1 Å². The minimum atomic E-state index is 0.618. The standard InChI is InChI=1S/C14H20BrNO2/c1-4-16-8-6-7-11-9-12(15)14(17-3)13(10-11)18-5-2/h6-7,9-10,16H,4-5,8H2,1-3H3. The fourth-order valence-electron chi connectivity index (χ4n) is 1.57. The average molecular weight is 314 g/mol. The minimum Gasteiger partial charge on any atom is -0.492 e. The summed E-state index contributed by atoms with van der Waals surface area (Å²) in [4.78, 5) is 0. The van der Waals surface area contributed by atoms with E-state index in [0.29, 0.717) is 6.61 Å². The molecule has 100 valence electrons. The summed E-state index contributed by atoms with van der Waals surface area (Å²) in [6.07, 6.45) is 4.16. The molecular weight excluding hydrogens is 294 g/mol. The van der Waals surface area contributed by atoms with Gasteiger partial charge in [-0.2, -0.15) is 0 Å². The number of methoxy groups -OCH3 is 1. The van der Waals surface area contributed by atoms with Crippen molar-refractivity contribution in [3.8, 4) is 11.5 Å². The minimum absolute atomic E-state index is 0.618. The van der Waals surface area contributed by atoms with Crippen LogP contribution >= 0.6 is 15.9 Å². The van der Waals surface area contributed by atoms with E-state index in [2.05, 4.69) is 40.3 Å². The molecule has 0 heterocycles. The first-order chi connectivity index (χ1) is 8.72. The molecule has 0 bridgehead atoms. The molecule has 0 fully saturated rings. The normalized spacial score (nSPS) is 10.9. The lowest BCUT2D eigenvalue weighted by atomic mass is 10.2. The van der Waals surface area contributed by atoms with Crippen molar-refractivity contribution in [3.05, 3.63) is 28.2 Å². The van der Waals surface area contributed by atoms with E-state index in [9.17, 15) is 0 Å². The molecule has 1 rings (SSSR count). The van der Waals surface area contributed by atoms with Gasteiger partial charge in [0.05, 0.1) is 18.2 Å². The van der Waals surface area contributed by atoms with E-state index < -0.39 is 0 Å². The van der Waals surface area contributed by atoms with Crippen LogP contribution in [0.15, 0.2) is 22.7 Å². The molecule has 0 radical (unpaired) electrons. The van der Waals surface area contributed by atoms with Crippen LogP contribution in [0.3, 0.4) is 0 Å². The number of benzene rings is 1. The van der Waals surface area contributed by atoms with Gasteiger partial charge in [-0.25, -0.2) is 0 Å². The highest BCUT2D eigenvalue weighted by molar-refractivity contribution is 9.10. The van der Waals surface area contributed by atoms with Crippen LogP contribution in [0.2, 0.25) is 0 Å². The first-order valence-electron chi connectivity index (χ1n) is 6.10. The summed E-state index contributed by atoms with van der Waals surface area (Å²) >= 11 is 3.50. The van der Waals surface area contributed by atoms with E-state index in [0.717, 1.165) is 34.6 Å². The topological polar surface area (TPSA) is 30.5 Å². The first-order valence-corrected chi connectivity index (χ1v) is 6.89. The highest BCUT2D eigenvalue weighted by Crippen LogP contribution is 2.36. The molecule has 0 aliphatic rings. The van der Waals surface area contributed by atoms with Crippen LogP contribution in [-0.2, 0) is 0 Å². The van der Waals surface area contributed by atoms with E-state index >= 15 is 0 Å². The number of hydrogen-bond donors (Lipinski definition) is 1. The molecule has 1 N–H and O–H groups in total. The molecule has 0 aromatic heterocycles. The molecule has 1 aromatic rings. The summed E-state index contributed by atoms with van der Waals surface area (Å²) in [5, 5.41) is 3.24. The Balaban J connectivity index is 2.90. The van der Waals surface area contributed by atoms with Gasteiger partial charge in [0.25, 0.3) is 0 Å². The maximum Gasteiger partial charge on any atom is 0.174 e. The molecule has 0 saturated carbocycles. The predicted molar refractivity (Wildman–Crippen MR) is 79.4 cm³/mol. The van der Waals surface area contributed by atoms with Gasteiger partial charge in [0.1, 0.15) is 0 Å². The van der Waals surface area contributed by atoms with Crippen LogP contribution in [-0.4, -0.2) is 26.8 Å². The van der Waals surface area contributed by atoms with Gasteiger partial charge in [-0.1, -0.05) is 19.1 Å². The average Bonchev–Trinajstić information content (AvgIpc) is 2.35. The Morgan fingerprint density at radius 2 is 2.11 bits per heavy atom. The third-order valence-corrected chi connectivity index (χ3v) is 2.95. The molecule has 0 atom stereocenters. The van der Waals surface area contributed by atoms with Crippen molar-refractivity contribution in [2.24, 2.45) is 0 Å². The van der Waals surface area contributed by atoms with Gasteiger partial charge in [-0.3, -0.25) is 0 Å².